The van der Waals surface area contributed by atoms with E-state index in [0.717, 1.165) is 33.8 Å². The first kappa shape index (κ1) is 16.7. The van der Waals surface area contributed by atoms with Gasteiger partial charge in [-0.25, -0.2) is 0 Å². The third-order valence-corrected chi connectivity index (χ3v) is 5.77. The van der Waals surface area contributed by atoms with Crippen LogP contribution in [0.3, 0.4) is 0 Å². The molecule has 3 aromatic carbocycles. The number of para-hydroxylation sites is 1. The molecule has 3 aromatic rings. The third kappa shape index (κ3) is 3.33. The van der Waals surface area contributed by atoms with Crippen LogP contribution < -0.4 is 4.74 Å². The Hall–Kier alpha value is -2.72. The van der Waals surface area contributed by atoms with Crippen LogP contribution in [0.5, 0.6) is 11.5 Å². The molecule has 0 spiro atoms. The normalized spacial score (nSPS) is 16.3. The molecule has 26 heavy (non-hydrogen) atoms. The van der Waals surface area contributed by atoms with E-state index in [2.05, 4.69) is 24.3 Å². The number of methoxy groups -OCH3 is 1. The van der Waals surface area contributed by atoms with E-state index < -0.39 is 0 Å². The molecule has 0 aromatic heterocycles. The van der Waals surface area contributed by atoms with Gasteiger partial charge in [-0.1, -0.05) is 48.5 Å². The quantitative estimate of drug-likeness (QED) is 0.645. The van der Waals surface area contributed by atoms with Crippen LogP contribution in [0.1, 0.15) is 22.8 Å². The average molecular weight is 361 g/mol. The fourth-order valence-corrected chi connectivity index (χ4v) is 4.33. The van der Waals surface area contributed by atoms with Crippen LogP contribution in [0.25, 0.3) is 0 Å². The minimum Gasteiger partial charge on any atom is -0.504 e. The van der Waals surface area contributed by atoms with Gasteiger partial charge in [0.05, 0.1) is 12.8 Å². The van der Waals surface area contributed by atoms with Crippen molar-refractivity contribution in [1.29, 1.82) is 0 Å². The lowest BCUT2D eigenvalue weighted by atomic mass is 10.0. The number of hydrogen-bond donors (Lipinski definition) is 1. The molecule has 0 radical (unpaired) electrons. The van der Waals surface area contributed by atoms with Gasteiger partial charge < -0.3 is 9.84 Å². The molecule has 4 heteroatoms. The predicted molar refractivity (Wildman–Crippen MR) is 107 cm³/mol. The maximum Gasteiger partial charge on any atom is 0.160 e. The first-order valence-corrected chi connectivity index (χ1v) is 9.38. The highest BCUT2D eigenvalue weighted by atomic mass is 32.2. The third-order valence-electron chi connectivity index (χ3n) is 4.45. The number of hydrogen-bond acceptors (Lipinski definition) is 4. The molecule has 3 nitrogen and oxygen atoms in total. The highest BCUT2D eigenvalue weighted by Crippen LogP contribution is 2.46. The SMILES string of the molecule is COc1cc(C2CC(c3ccccc3)=Nc3ccccc3S2)ccc1O. The van der Waals surface area contributed by atoms with Gasteiger partial charge in [0.2, 0.25) is 0 Å². The number of fused-ring (bicyclic) bond motifs is 1. The van der Waals surface area contributed by atoms with E-state index in [1.165, 1.54) is 0 Å². The molecule has 130 valence electrons. The van der Waals surface area contributed by atoms with Crippen LogP contribution in [0.15, 0.2) is 82.7 Å². The van der Waals surface area contributed by atoms with Gasteiger partial charge in [-0.05, 0) is 35.4 Å². The number of ether oxygens (including phenoxy) is 1. The summed E-state index contributed by atoms with van der Waals surface area (Å²) in [5.74, 6) is 0.658. The van der Waals surface area contributed by atoms with Crippen molar-refractivity contribution >= 4 is 23.2 Å². The largest absolute Gasteiger partial charge is 0.504 e. The van der Waals surface area contributed by atoms with Crippen molar-refractivity contribution < 1.29 is 9.84 Å². The van der Waals surface area contributed by atoms with Crippen LogP contribution in [-0.4, -0.2) is 17.9 Å². The Labute approximate surface area is 157 Å². The fourth-order valence-electron chi connectivity index (χ4n) is 3.10. The van der Waals surface area contributed by atoms with Gasteiger partial charge in [-0.3, -0.25) is 4.99 Å². The molecule has 0 saturated carbocycles. The average Bonchev–Trinajstić information content (AvgIpc) is 2.89. The number of rotatable bonds is 3. The van der Waals surface area contributed by atoms with Crippen LogP contribution in [-0.2, 0) is 0 Å². The molecule has 1 unspecified atom stereocenters. The highest BCUT2D eigenvalue weighted by molar-refractivity contribution is 7.99. The Kier molecular flexibility index (Phi) is 4.67. The number of benzene rings is 3. The van der Waals surface area contributed by atoms with E-state index in [9.17, 15) is 5.11 Å². The molecule has 0 bridgehead atoms. The second-order valence-electron chi connectivity index (χ2n) is 6.13. The van der Waals surface area contributed by atoms with Crippen molar-refractivity contribution in [2.45, 2.75) is 16.6 Å². The lowest BCUT2D eigenvalue weighted by molar-refractivity contribution is 0.373. The number of phenols is 1. The molecule has 1 atom stereocenters. The predicted octanol–water partition coefficient (Wildman–Crippen LogP) is 5.76. The van der Waals surface area contributed by atoms with E-state index in [1.54, 1.807) is 24.9 Å². The van der Waals surface area contributed by atoms with Gasteiger partial charge in [0, 0.05) is 22.3 Å². The topological polar surface area (TPSA) is 41.8 Å². The van der Waals surface area contributed by atoms with Crippen molar-refractivity contribution in [2.75, 3.05) is 7.11 Å². The fraction of sp³-hybridized carbons (Fsp3) is 0.136. The summed E-state index contributed by atoms with van der Waals surface area (Å²) in [5, 5.41) is 10.1. The smallest absolute Gasteiger partial charge is 0.160 e. The molecule has 0 aliphatic carbocycles. The zero-order valence-electron chi connectivity index (χ0n) is 14.4. The Bertz CT molecular complexity index is 953. The monoisotopic (exact) mass is 361 g/mol. The van der Waals surface area contributed by atoms with E-state index in [4.69, 9.17) is 9.73 Å². The van der Waals surface area contributed by atoms with Crippen molar-refractivity contribution in [3.05, 3.63) is 83.9 Å². The van der Waals surface area contributed by atoms with E-state index >= 15 is 0 Å². The molecule has 1 heterocycles. The number of thioether (sulfide) groups is 1. The molecule has 0 fully saturated rings. The lowest BCUT2D eigenvalue weighted by Gasteiger charge is -2.17. The molecule has 4 rings (SSSR count). The second kappa shape index (κ2) is 7.26. The van der Waals surface area contributed by atoms with Crippen LogP contribution >= 0.6 is 11.8 Å². The molecular weight excluding hydrogens is 342 g/mol. The standard InChI is InChI=1S/C22H19NO2S/c1-25-20-13-16(11-12-19(20)24)22-14-18(15-7-3-2-4-8-15)23-17-9-5-6-10-21(17)26-22/h2-13,22,24H,14H2,1H3. The molecule has 0 amide bonds. The summed E-state index contributed by atoms with van der Waals surface area (Å²) < 4.78 is 5.30. The molecule has 1 N–H and O–H groups in total. The van der Waals surface area contributed by atoms with Crippen LogP contribution in [0, 0.1) is 0 Å². The van der Waals surface area contributed by atoms with Crippen molar-refractivity contribution in [1.82, 2.24) is 0 Å². The summed E-state index contributed by atoms with van der Waals surface area (Å²) in [5.41, 5.74) is 4.33. The maximum atomic E-state index is 9.92. The minimum absolute atomic E-state index is 0.159. The summed E-state index contributed by atoms with van der Waals surface area (Å²) in [6.45, 7) is 0. The maximum absolute atomic E-state index is 9.92. The Morgan fingerprint density at radius 3 is 2.58 bits per heavy atom. The molecular formula is C22H19NO2S. The van der Waals surface area contributed by atoms with Gasteiger partial charge in [0.1, 0.15) is 0 Å². The number of aliphatic imine (C=N–C) groups is 1. The number of nitrogens with zero attached hydrogens (tertiary/aromatic N) is 1. The van der Waals surface area contributed by atoms with E-state index in [1.807, 2.05) is 42.5 Å². The van der Waals surface area contributed by atoms with Gasteiger partial charge in [-0.2, -0.15) is 0 Å². The zero-order valence-corrected chi connectivity index (χ0v) is 15.2. The van der Waals surface area contributed by atoms with Crippen molar-refractivity contribution in [3.8, 4) is 11.5 Å². The zero-order chi connectivity index (χ0) is 17.9. The van der Waals surface area contributed by atoms with Gasteiger partial charge in [0.15, 0.2) is 11.5 Å². The second-order valence-corrected chi connectivity index (χ2v) is 7.38. The summed E-state index contributed by atoms with van der Waals surface area (Å²) in [4.78, 5) is 6.12. The van der Waals surface area contributed by atoms with Crippen LogP contribution in [0.2, 0.25) is 0 Å². The Morgan fingerprint density at radius 2 is 1.77 bits per heavy atom. The summed E-state index contributed by atoms with van der Waals surface area (Å²) >= 11 is 1.80. The van der Waals surface area contributed by atoms with E-state index in [0.29, 0.717) is 5.75 Å². The first-order chi connectivity index (χ1) is 12.7. The summed E-state index contributed by atoms with van der Waals surface area (Å²) in [6, 6.07) is 24.1. The van der Waals surface area contributed by atoms with Crippen molar-refractivity contribution in [2.24, 2.45) is 4.99 Å². The number of aromatic hydroxyl groups is 1. The summed E-state index contributed by atoms with van der Waals surface area (Å²) in [6.07, 6.45) is 0.803. The van der Waals surface area contributed by atoms with Crippen LogP contribution in [0.4, 0.5) is 5.69 Å². The van der Waals surface area contributed by atoms with Crippen molar-refractivity contribution in [3.63, 3.8) is 0 Å². The number of phenolic OH excluding ortho intramolecular Hbond substituents is 1. The molecule has 1 aliphatic rings. The van der Waals surface area contributed by atoms with Gasteiger partial charge in [0.25, 0.3) is 0 Å². The highest BCUT2D eigenvalue weighted by Gasteiger charge is 2.23. The Morgan fingerprint density at radius 1 is 1.00 bits per heavy atom. The van der Waals surface area contributed by atoms with Gasteiger partial charge >= 0.3 is 0 Å². The molecule has 0 saturated heterocycles. The summed E-state index contributed by atoms with van der Waals surface area (Å²) in [7, 11) is 1.57. The first-order valence-electron chi connectivity index (χ1n) is 8.50. The van der Waals surface area contributed by atoms with Gasteiger partial charge in [-0.15, -0.1) is 11.8 Å². The Balaban J connectivity index is 1.79. The minimum atomic E-state index is 0.159. The lowest BCUT2D eigenvalue weighted by Crippen LogP contribution is -2.05. The molecule has 1 aliphatic heterocycles. The van der Waals surface area contributed by atoms with E-state index in [-0.39, 0.29) is 11.0 Å².